The highest BCUT2D eigenvalue weighted by Crippen LogP contribution is 2.17. The average Bonchev–Trinajstić information content (AvgIpc) is 2.77. The van der Waals surface area contributed by atoms with Gasteiger partial charge in [0.25, 0.3) is 5.91 Å². The Labute approximate surface area is 101 Å². The van der Waals surface area contributed by atoms with Crippen molar-refractivity contribution in [3.05, 3.63) is 17.5 Å². The Balaban J connectivity index is 1.69. The molecular formula is C12H18N2O3. The molecular weight excluding hydrogens is 220 g/mol. The number of hydrogen-bond acceptors (Lipinski definition) is 4. The van der Waals surface area contributed by atoms with E-state index in [9.17, 15) is 4.79 Å². The second-order valence-electron chi connectivity index (χ2n) is 4.42. The van der Waals surface area contributed by atoms with E-state index < -0.39 is 0 Å². The number of carbonyl (C=O) groups excluding carboxylic acids is 1. The van der Waals surface area contributed by atoms with E-state index in [0.717, 1.165) is 32.5 Å². The molecule has 1 amide bonds. The summed E-state index contributed by atoms with van der Waals surface area (Å²) in [5, 5.41) is 6.53. The normalized spacial score (nSPS) is 17.0. The zero-order chi connectivity index (χ0) is 12.1. The number of amides is 1. The number of aromatic nitrogens is 1. The third kappa shape index (κ3) is 3.56. The first-order chi connectivity index (χ1) is 8.25. The molecule has 1 aliphatic heterocycles. The number of nitrogens with zero attached hydrogens (tertiary/aromatic N) is 1. The molecule has 0 spiro atoms. The van der Waals surface area contributed by atoms with Crippen molar-refractivity contribution < 1.29 is 14.1 Å². The standard InChI is InChI=1S/C12H18N2O3/c1-9-8-11(14-17-9)12(15)13-5-2-10-3-6-16-7-4-10/h8,10H,2-7H2,1H3,(H,13,15). The lowest BCUT2D eigenvalue weighted by Crippen LogP contribution is -2.27. The first kappa shape index (κ1) is 12.1. The minimum atomic E-state index is -0.158. The van der Waals surface area contributed by atoms with E-state index in [1.54, 1.807) is 13.0 Å². The van der Waals surface area contributed by atoms with Crippen LogP contribution >= 0.6 is 0 Å². The molecule has 2 rings (SSSR count). The van der Waals surface area contributed by atoms with E-state index in [1.165, 1.54) is 0 Å². The van der Waals surface area contributed by atoms with Crippen LogP contribution < -0.4 is 5.32 Å². The molecule has 5 heteroatoms. The third-order valence-electron chi connectivity index (χ3n) is 3.04. The fraction of sp³-hybridized carbons (Fsp3) is 0.667. The van der Waals surface area contributed by atoms with Gasteiger partial charge < -0.3 is 14.6 Å². The molecule has 0 aliphatic carbocycles. The topological polar surface area (TPSA) is 64.4 Å². The first-order valence-corrected chi connectivity index (χ1v) is 6.05. The minimum Gasteiger partial charge on any atom is -0.381 e. The summed E-state index contributed by atoms with van der Waals surface area (Å²) in [7, 11) is 0. The molecule has 94 valence electrons. The second-order valence-corrected chi connectivity index (χ2v) is 4.42. The van der Waals surface area contributed by atoms with Crippen LogP contribution in [0.5, 0.6) is 0 Å². The van der Waals surface area contributed by atoms with E-state index in [2.05, 4.69) is 10.5 Å². The summed E-state index contributed by atoms with van der Waals surface area (Å²) in [5.74, 6) is 1.16. The molecule has 1 N–H and O–H groups in total. The van der Waals surface area contributed by atoms with Gasteiger partial charge in [-0.3, -0.25) is 4.79 Å². The molecule has 0 atom stereocenters. The summed E-state index contributed by atoms with van der Waals surface area (Å²) in [6, 6.07) is 1.64. The molecule has 1 aromatic rings. The van der Waals surface area contributed by atoms with Gasteiger partial charge in [-0.2, -0.15) is 0 Å². The second kappa shape index (κ2) is 5.82. The molecule has 0 unspecified atom stereocenters. The van der Waals surface area contributed by atoms with E-state index in [-0.39, 0.29) is 5.91 Å². The average molecular weight is 238 g/mol. The van der Waals surface area contributed by atoms with Crippen molar-refractivity contribution in [2.75, 3.05) is 19.8 Å². The van der Waals surface area contributed by atoms with Gasteiger partial charge in [-0.15, -0.1) is 0 Å². The maximum absolute atomic E-state index is 11.6. The van der Waals surface area contributed by atoms with Crippen LogP contribution in [-0.4, -0.2) is 30.8 Å². The van der Waals surface area contributed by atoms with Crippen LogP contribution in [0.25, 0.3) is 0 Å². The summed E-state index contributed by atoms with van der Waals surface area (Å²) in [5.41, 5.74) is 0.356. The van der Waals surface area contributed by atoms with Crippen LogP contribution in [0, 0.1) is 12.8 Å². The van der Waals surface area contributed by atoms with Gasteiger partial charge >= 0.3 is 0 Å². The predicted octanol–water partition coefficient (Wildman–Crippen LogP) is 1.53. The lowest BCUT2D eigenvalue weighted by molar-refractivity contribution is 0.0635. The molecule has 1 fully saturated rings. The molecule has 1 saturated heterocycles. The molecule has 2 heterocycles. The Bertz CT molecular complexity index is 370. The fourth-order valence-corrected chi connectivity index (χ4v) is 1.99. The van der Waals surface area contributed by atoms with Crippen LogP contribution in [0.2, 0.25) is 0 Å². The Morgan fingerprint density at radius 2 is 2.29 bits per heavy atom. The number of ether oxygens (including phenoxy) is 1. The van der Waals surface area contributed by atoms with Crippen molar-refractivity contribution in [1.82, 2.24) is 10.5 Å². The molecule has 0 saturated carbocycles. The van der Waals surface area contributed by atoms with Gasteiger partial charge in [0.2, 0.25) is 0 Å². The van der Waals surface area contributed by atoms with Crippen LogP contribution in [0.15, 0.2) is 10.6 Å². The molecule has 0 bridgehead atoms. The van der Waals surface area contributed by atoms with Crippen molar-refractivity contribution in [2.24, 2.45) is 5.92 Å². The van der Waals surface area contributed by atoms with Gasteiger partial charge in [0, 0.05) is 25.8 Å². The van der Waals surface area contributed by atoms with Crippen molar-refractivity contribution in [3.8, 4) is 0 Å². The zero-order valence-corrected chi connectivity index (χ0v) is 10.1. The highest BCUT2D eigenvalue weighted by atomic mass is 16.5. The lowest BCUT2D eigenvalue weighted by atomic mass is 9.97. The van der Waals surface area contributed by atoms with Gasteiger partial charge in [-0.05, 0) is 32.1 Å². The molecule has 0 radical (unpaired) electrons. The van der Waals surface area contributed by atoms with Crippen molar-refractivity contribution in [3.63, 3.8) is 0 Å². The molecule has 1 aromatic heterocycles. The Hall–Kier alpha value is -1.36. The smallest absolute Gasteiger partial charge is 0.273 e. The van der Waals surface area contributed by atoms with Crippen LogP contribution in [0.1, 0.15) is 35.5 Å². The lowest BCUT2D eigenvalue weighted by Gasteiger charge is -2.21. The fourth-order valence-electron chi connectivity index (χ4n) is 1.99. The van der Waals surface area contributed by atoms with E-state index in [1.807, 2.05) is 0 Å². The maximum Gasteiger partial charge on any atom is 0.273 e. The van der Waals surface area contributed by atoms with E-state index in [0.29, 0.717) is 23.9 Å². The molecule has 17 heavy (non-hydrogen) atoms. The highest BCUT2D eigenvalue weighted by Gasteiger charge is 2.15. The van der Waals surface area contributed by atoms with Gasteiger partial charge in [0.15, 0.2) is 5.69 Å². The summed E-state index contributed by atoms with van der Waals surface area (Å²) in [6.07, 6.45) is 3.20. The summed E-state index contributed by atoms with van der Waals surface area (Å²) in [6.45, 7) is 4.16. The van der Waals surface area contributed by atoms with Crippen molar-refractivity contribution in [1.29, 1.82) is 0 Å². The summed E-state index contributed by atoms with van der Waals surface area (Å²) in [4.78, 5) is 11.6. The SMILES string of the molecule is Cc1cc(C(=O)NCCC2CCOCC2)no1. The van der Waals surface area contributed by atoms with Crippen LogP contribution in [0.3, 0.4) is 0 Å². The Kier molecular flexibility index (Phi) is 4.14. The first-order valence-electron chi connectivity index (χ1n) is 6.05. The molecule has 1 aliphatic rings. The number of rotatable bonds is 4. The number of aryl methyl sites for hydroxylation is 1. The largest absolute Gasteiger partial charge is 0.381 e. The number of nitrogens with one attached hydrogen (secondary N) is 1. The monoisotopic (exact) mass is 238 g/mol. The van der Waals surface area contributed by atoms with Crippen LogP contribution in [0.4, 0.5) is 0 Å². The Morgan fingerprint density at radius 3 is 2.94 bits per heavy atom. The third-order valence-corrected chi connectivity index (χ3v) is 3.04. The highest BCUT2D eigenvalue weighted by molar-refractivity contribution is 5.92. The molecule has 5 nitrogen and oxygen atoms in total. The van der Waals surface area contributed by atoms with Gasteiger partial charge in [0.05, 0.1) is 0 Å². The summed E-state index contributed by atoms with van der Waals surface area (Å²) < 4.78 is 10.1. The quantitative estimate of drug-likeness (QED) is 0.864. The van der Waals surface area contributed by atoms with E-state index in [4.69, 9.17) is 9.26 Å². The minimum absolute atomic E-state index is 0.158. The van der Waals surface area contributed by atoms with Crippen molar-refractivity contribution >= 4 is 5.91 Å². The van der Waals surface area contributed by atoms with E-state index >= 15 is 0 Å². The maximum atomic E-state index is 11.6. The summed E-state index contributed by atoms with van der Waals surface area (Å²) >= 11 is 0. The zero-order valence-electron chi connectivity index (χ0n) is 10.1. The predicted molar refractivity (Wildman–Crippen MR) is 61.7 cm³/mol. The van der Waals surface area contributed by atoms with Gasteiger partial charge in [-0.1, -0.05) is 5.16 Å². The Morgan fingerprint density at radius 1 is 1.53 bits per heavy atom. The van der Waals surface area contributed by atoms with Gasteiger partial charge in [-0.25, -0.2) is 0 Å². The van der Waals surface area contributed by atoms with Crippen LogP contribution in [-0.2, 0) is 4.74 Å². The molecule has 0 aromatic carbocycles. The van der Waals surface area contributed by atoms with Gasteiger partial charge in [0.1, 0.15) is 5.76 Å². The van der Waals surface area contributed by atoms with Crippen molar-refractivity contribution in [2.45, 2.75) is 26.2 Å². The number of carbonyl (C=O) groups is 1. The number of hydrogen-bond donors (Lipinski definition) is 1.